The van der Waals surface area contributed by atoms with E-state index in [9.17, 15) is 0 Å². The molecule has 3 rings (SSSR count). The topological polar surface area (TPSA) is 3.24 Å². The third-order valence-electron chi connectivity index (χ3n) is 4.76. The van der Waals surface area contributed by atoms with Crippen LogP contribution in [0.25, 0.3) is 0 Å². The lowest BCUT2D eigenvalue weighted by atomic mass is 9.61. The number of fused-ring (bicyclic) bond motifs is 3. The first-order valence-corrected chi connectivity index (χ1v) is 6.54. The molecule has 2 bridgehead atoms. The summed E-state index contributed by atoms with van der Waals surface area (Å²) in [7, 11) is 0. The Bertz CT molecular complexity index is 249. The molecule has 0 aromatic heterocycles. The zero-order valence-electron chi connectivity index (χ0n) is 11.3. The van der Waals surface area contributed by atoms with Crippen LogP contribution in [0.5, 0.6) is 0 Å². The molecular weight excluding hydrogens is 182 g/mol. The van der Waals surface area contributed by atoms with Gasteiger partial charge in [0.05, 0.1) is 0 Å². The maximum absolute atomic E-state index is 2.80. The summed E-state index contributed by atoms with van der Waals surface area (Å²) in [6.45, 7) is 14.5. The Morgan fingerprint density at radius 2 is 1.73 bits per heavy atom. The van der Waals surface area contributed by atoms with E-state index in [2.05, 4.69) is 46.4 Å². The average Bonchev–Trinajstić information content (AvgIpc) is 1.98. The van der Waals surface area contributed by atoms with Gasteiger partial charge in [0.1, 0.15) is 0 Å². The normalized spacial score (nSPS) is 40.8. The highest BCUT2D eigenvalue weighted by atomic mass is 15.3. The highest BCUT2D eigenvalue weighted by Crippen LogP contribution is 2.51. The highest BCUT2D eigenvalue weighted by molar-refractivity contribution is 5.07. The lowest BCUT2D eigenvalue weighted by molar-refractivity contribution is -0.139. The molecule has 0 aromatic rings. The molecule has 0 radical (unpaired) electrons. The average molecular weight is 209 g/mol. The third kappa shape index (κ3) is 1.63. The third-order valence-corrected chi connectivity index (χ3v) is 4.76. The SMILES string of the molecule is C[C@@H]1C[C@H]2CC[C@@H]1C(C)(C)N2C(C)(C)C. The molecule has 1 heteroatoms. The van der Waals surface area contributed by atoms with Gasteiger partial charge in [0.25, 0.3) is 0 Å². The van der Waals surface area contributed by atoms with Crippen LogP contribution in [-0.2, 0) is 0 Å². The van der Waals surface area contributed by atoms with Crippen LogP contribution in [0.4, 0.5) is 0 Å². The van der Waals surface area contributed by atoms with Gasteiger partial charge in [-0.3, -0.25) is 4.90 Å². The van der Waals surface area contributed by atoms with Gasteiger partial charge in [-0.2, -0.15) is 0 Å². The largest absolute Gasteiger partial charge is 0.290 e. The van der Waals surface area contributed by atoms with Crippen LogP contribution >= 0.6 is 0 Å². The molecule has 3 aliphatic rings. The summed E-state index contributed by atoms with van der Waals surface area (Å²) >= 11 is 0. The Hall–Kier alpha value is -0.0400. The van der Waals surface area contributed by atoms with Crippen molar-refractivity contribution in [2.45, 2.75) is 77.9 Å². The van der Waals surface area contributed by atoms with Gasteiger partial charge in [-0.25, -0.2) is 0 Å². The monoisotopic (exact) mass is 209 g/mol. The first-order valence-electron chi connectivity index (χ1n) is 6.54. The van der Waals surface area contributed by atoms with Crippen molar-refractivity contribution in [1.82, 2.24) is 4.90 Å². The summed E-state index contributed by atoms with van der Waals surface area (Å²) in [5, 5.41) is 0. The number of hydrogen-bond acceptors (Lipinski definition) is 1. The van der Waals surface area contributed by atoms with Crippen molar-refractivity contribution in [3.63, 3.8) is 0 Å². The zero-order valence-corrected chi connectivity index (χ0v) is 11.3. The molecule has 15 heavy (non-hydrogen) atoms. The fraction of sp³-hybridized carbons (Fsp3) is 1.00. The lowest BCUT2D eigenvalue weighted by Gasteiger charge is -2.64. The molecule has 0 amide bonds. The molecule has 88 valence electrons. The first kappa shape index (κ1) is 11.4. The van der Waals surface area contributed by atoms with Crippen LogP contribution in [0.3, 0.4) is 0 Å². The van der Waals surface area contributed by atoms with E-state index in [-0.39, 0.29) is 0 Å². The van der Waals surface area contributed by atoms with Gasteiger partial charge in [-0.05, 0) is 65.7 Å². The molecule has 3 atom stereocenters. The van der Waals surface area contributed by atoms with E-state index in [1.54, 1.807) is 0 Å². The molecular formula is C14H27N. The fourth-order valence-electron chi connectivity index (χ4n) is 4.71. The second-order valence-corrected chi connectivity index (χ2v) is 7.25. The molecule has 2 aliphatic heterocycles. The van der Waals surface area contributed by atoms with Gasteiger partial charge in [0.2, 0.25) is 0 Å². The zero-order chi connectivity index (χ0) is 11.4. The van der Waals surface area contributed by atoms with Crippen LogP contribution in [0.2, 0.25) is 0 Å². The van der Waals surface area contributed by atoms with Crippen molar-refractivity contribution >= 4 is 0 Å². The Labute approximate surface area is 95.2 Å². The predicted octanol–water partition coefficient (Wildman–Crippen LogP) is 3.68. The molecule has 2 saturated heterocycles. The first-order chi connectivity index (χ1) is 6.74. The lowest BCUT2D eigenvalue weighted by Crippen LogP contribution is -2.68. The molecule has 1 saturated carbocycles. The van der Waals surface area contributed by atoms with E-state index in [0.29, 0.717) is 11.1 Å². The van der Waals surface area contributed by atoms with Crippen LogP contribution in [0.1, 0.15) is 60.8 Å². The molecule has 3 fully saturated rings. The van der Waals surface area contributed by atoms with E-state index in [1.165, 1.54) is 19.3 Å². The van der Waals surface area contributed by atoms with Gasteiger partial charge in [-0.1, -0.05) is 6.92 Å². The quantitative estimate of drug-likeness (QED) is 0.588. The van der Waals surface area contributed by atoms with Crippen molar-refractivity contribution in [3.05, 3.63) is 0 Å². The summed E-state index contributed by atoms with van der Waals surface area (Å²) in [5.41, 5.74) is 0.728. The van der Waals surface area contributed by atoms with Gasteiger partial charge >= 0.3 is 0 Å². The number of nitrogens with zero attached hydrogens (tertiary/aromatic N) is 1. The Morgan fingerprint density at radius 3 is 2.13 bits per heavy atom. The minimum absolute atomic E-state index is 0.326. The fourth-order valence-corrected chi connectivity index (χ4v) is 4.71. The molecule has 2 heterocycles. The molecule has 1 aliphatic carbocycles. The molecule has 0 spiro atoms. The summed E-state index contributed by atoms with van der Waals surface area (Å²) in [6, 6.07) is 0.833. The van der Waals surface area contributed by atoms with Crippen LogP contribution in [-0.4, -0.2) is 22.0 Å². The molecule has 0 N–H and O–H groups in total. The molecule has 0 unspecified atom stereocenters. The van der Waals surface area contributed by atoms with Gasteiger partial charge in [0, 0.05) is 17.1 Å². The van der Waals surface area contributed by atoms with Crippen molar-refractivity contribution in [2.75, 3.05) is 0 Å². The maximum atomic E-state index is 2.80. The second kappa shape index (κ2) is 3.23. The summed E-state index contributed by atoms with van der Waals surface area (Å²) in [5.74, 6) is 1.83. The number of rotatable bonds is 0. The highest BCUT2D eigenvalue weighted by Gasteiger charge is 2.53. The van der Waals surface area contributed by atoms with E-state index in [4.69, 9.17) is 0 Å². The maximum Gasteiger partial charge on any atom is 0.0192 e. The van der Waals surface area contributed by atoms with Gasteiger partial charge in [-0.15, -0.1) is 0 Å². The molecule has 0 aromatic carbocycles. The number of piperidine rings is 2. The Kier molecular flexibility index (Phi) is 2.46. The smallest absolute Gasteiger partial charge is 0.0192 e. The van der Waals surface area contributed by atoms with E-state index in [1.807, 2.05) is 0 Å². The standard InChI is InChI=1S/C14H27N/c1-10-9-11-7-8-12(10)14(5,6)15(11)13(2,3)4/h10-12H,7-9H2,1-6H3/t10-,11-,12+/m1/s1. The van der Waals surface area contributed by atoms with Crippen LogP contribution < -0.4 is 0 Å². The minimum atomic E-state index is 0.326. The van der Waals surface area contributed by atoms with Crippen molar-refractivity contribution < 1.29 is 0 Å². The van der Waals surface area contributed by atoms with Crippen LogP contribution in [0.15, 0.2) is 0 Å². The van der Waals surface area contributed by atoms with Crippen molar-refractivity contribution in [1.29, 1.82) is 0 Å². The summed E-state index contributed by atoms with van der Waals surface area (Å²) in [6.07, 6.45) is 4.30. The number of hydrogen-bond donors (Lipinski definition) is 0. The van der Waals surface area contributed by atoms with Crippen molar-refractivity contribution in [3.8, 4) is 0 Å². The predicted molar refractivity (Wildman–Crippen MR) is 66.0 cm³/mol. The van der Waals surface area contributed by atoms with Gasteiger partial charge < -0.3 is 0 Å². The Morgan fingerprint density at radius 1 is 1.13 bits per heavy atom. The van der Waals surface area contributed by atoms with Crippen molar-refractivity contribution in [2.24, 2.45) is 11.8 Å². The minimum Gasteiger partial charge on any atom is -0.290 e. The van der Waals surface area contributed by atoms with E-state index >= 15 is 0 Å². The molecule has 1 nitrogen and oxygen atoms in total. The Balaban J connectivity index is 2.34. The van der Waals surface area contributed by atoms with Gasteiger partial charge in [0.15, 0.2) is 0 Å². The summed E-state index contributed by atoms with van der Waals surface area (Å²) < 4.78 is 0. The van der Waals surface area contributed by atoms with Crippen LogP contribution in [0, 0.1) is 11.8 Å². The second-order valence-electron chi connectivity index (χ2n) is 7.25. The summed E-state index contributed by atoms with van der Waals surface area (Å²) in [4.78, 5) is 2.80. The van der Waals surface area contributed by atoms with E-state index < -0.39 is 0 Å². The van der Waals surface area contributed by atoms with E-state index in [0.717, 1.165) is 17.9 Å².